The van der Waals surface area contributed by atoms with Crippen LogP contribution >= 0.6 is 23.2 Å². The average molecular weight is 475 g/mol. The summed E-state index contributed by atoms with van der Waals surface area (Å²) in [5.41, 5.74) is 2.34. The summed E-state index contributed by atoms with van der Waals surface area (Å²) in [4.78, 5) is 28.2. The Bertz CT molecular complexity index is 1250. The summed E-state index contributed by atoms with van der Waals surface area (Å²) in [6.45, 7) is 5.42. The van der Waals surface area contributed by atoms with E-state index in [4.69, 9.17) is 23.2 Å². The molecule has 0 atom stereocenters. The lowest BCUT2D eigenvalue weighted by Gasteiger charge is -2.37. The fraction of sp³-hybridized carbons (Fsp3) is 0.261. The number of carbonyl (C=O) groups is 1. The minimum Gasteiger partial charge on any atom is -0.366 e. The highest BCUT2D eigenvalue weighted by atomic mass is 35.5. The third-order valence-corrected chi connectivity index (χ3v) is 6.38. The lowest BCUT2D eigenvalue weighted by molar-refractivity contribution is 0.101. The summed E-state index contributed by atoms with van der Waals surface area (Å²) < 4.78 is 15.7. The van der Waals surface area contributed by atoms with Crippen molar-refractivity contribution in [3.8, 4) is 5.69 Å². The highest BCUT2D eigenvalue weighted by molar-refractivity contribution is 6.33. The van der Waals surface area contributed by atoms with Crippen LogP contribution in [-0.2, 0) is 0 Å². The molecule has 4 rings (SSSR count). The van der Waals surface area contributed by atoms with E-state index < -0.39 is 11.4 Å². The monoisotopic (exact) mass is 474 g/mol. The first-order valence-corrected chi connectivity index (χ1v) is 10.9. The van der Waals surface area contributed by atoms with Gasteiger partial charge in [0.1, 0.15) is 10.8 Å². The second-order valence-electron chi connectivity index (χ2n) is 7.69. The van der Waals surface area contributed by atoms with Crippen LogP contribution in [0.15, 0.2) is 47.4 Å². The number of hydrogen-bond donors (Lipinski definition) is 0. The molecule has 3 aromatic rings. The molecule has 1 aliphatic rings. The van der Waals surface area contributed by atoms with Gasteiger partial charge in [-0.05, 0) is 49.7 Å². The molecule has 0 bridgehead atoms. The third kappa shape index (κ3) is 4.23. The Kier molecular flexibility index (Phi) is 6.22. The van der Waals surface area contributed by atoms with Crippen molar-refractivity contribution in [2.24, 2.45) is 0 Å². The molecule has 1 saturated heterocycles. The van der Waals surface area contributed by atoms with Crippen molar-refractivity contribution in [3.63, 3.8) is 0 Å². The number of ketones is 1. The minimum atomic E-state index is -0.433. The number of nitrogens with zero attached hydrogens (tertiary/aromatic N) is 4. The highest BCUT2D eigenvalue weighted by Crippen LogP contribution is 2.27. The minimum absolute atomic E-state index is 0.0714. The van der Waals surface area contributed by atoms with Crippen molar-refractivity contribution < 1.29 is 9.18 Å². The van der Waals surface area contributed by atoms with Gasteiger partial charge in [0.15, 0.2) is 5.78 Å². The van der Waals surface area contributed by atoms with Crippen molar-refractivity contribution in [1.29, 1.82) is 0 Å². The summed E-state index contributed by atoms with van der Waals surface area (Å²) in [7, 11) is 0. The Labute approximate surface area is 194 Å². The maximum Gasteiger partial charge on any atom is 0.292 e. The van der Waals surface area contributed by atoms with Gasteiger partial charge in [0, 0.05) is 36.8 Å². The number of anilines is 2. The molecule has 0 aliphatic carbocycles. The molecule has 166 valence electrons. The molecule has 0 N–H and O–H groups in total. The third-order valence-electron chi connectivity index (χ3n) is 5.62. The van der Waals surface area contributed by atoms with Gasteiger partial charge >= 0.3 is 0 Å². The molecule has 0 unspecified atom stereocenters. The number of Topliss-reactive ketones (excluding diaryl/α,β-unsaturated/α-hetero) is 1. The number of hydrogen-bond acceptors (Lipinski definition) is 5. The number of rotatable bonds is 4. The molecule has 0 spiro atoms. The zero-order chi connectivity index (χ0) is 23.0. The fourth-order valence-corrected chi connectivity index (χ4v) is 4.14. The van der Waals surface area contributed by atoms with Crippen molar-refractivity contribution in [2.45, 2.75) is 13.8 Å². The molecule has 1 fully saturated rings. The van der Waals surface area contributed by atoms with Gasteiger partial charge in [0.2, 0.25) is 0 Å². The van der Waals surface area contributed by atoms with E-state index in [0.29, 0.717) is 53.8 Å². The van der Waals surface area contributed by atoms with E-state index in [1.165, 1.54) is 17.7 Å². The molecular weight excluding hydrogens is 454 g/mol. The Hall–Kier alpha value is -2.90. The zero-order valence-corrected chi connectivity index (χ0v) is 19.1. The van der Waals surface area contributed by atoms with Crippen LogP contribution in [0.3, 0.4) is 0 Å². The first kappa shape index (κ1) is 22.3. The van der Waals surface area contributed by atoms with Gasteiger partial charge in [-0.2, -0.15) is 9.78 Å². The van der Waals surface area contributed by atoms with Crippen LogP contribution in [0.4, 0.5) is 15.8 Å². The fourth-order valence-electron chi connectivity index (χ4n) is 3.71. The maximum atomic E-state index is 14.5. The number of halogens is 3. The molecule has 0 radical (unpaired) electrons. The van der Waals surface area contributed by atoms with Gasteiger partial charge in [-0.25, -0.2) is 4.39 Å². The van der Waals surface area contributed by atoms with Crippen LogP contribution in [0.2, 0.25) is 10.0 Å². The summed E-state index contributed by atoms with van der Waals surface area (Å²) in [6, 6.07) is 9.77. The van der Waals surface area contributed by atoms with Crippen molar-refractivity contribution in [2.75, 3.05) is 36.0 Å². The van der Waals surface area contributed by atoms with E-state index in [1.54, 1.807) is 30.5 Å². The molecule has 2 heterocycles. The molecule has 0 amide bonds. The number of piperazine rings is 1. The van der Waals surface area contributed by atoms with E-state index in [2.05, 4.69) is 5.10 Å². The Morgan fingerprint density at radius 2 is 1.66 bits per heavy atom. The first-order valence-electron chi connectivity index (χ1n) is 10.1. The lowest BCUT2D eigenvalue weighted by atomic mass is 10.1. The lowest BCUT2D eigenvalue weighted by Crippen LogP contribution is -2.47. The SMILES string of the molecule is CC(=O)c1ccc(N2CCN(c3cnn(-c4ccc(C)c(Cl)c4)c(=O)c3Cl)CC2)c(F)c1. The largest absolute Gasteiger partial charge is 0.366 e. The van der Waals surface area contributed by atoms with Gasteiger partial charge < -0.3 is 9.80 Å². The van der Waals surface area contributed by atoms with Crippen LogP contribution in [-0.4, -0.2) is 41.7 Å². The Morgan fingerprint density at radius 1 is 1.00 bits per heavy atom. The molecule has 0 saturated carbocycles. The van der Waals surface area contributed by atoms with Gasteiger partial charge in [-0.3, -0.25) is 9.59 Å². The van der Waals surface area contributed by atoms with Crippen LogP contribution in [0.1, 0.15) is 22.8 Å². The highest BCUT2D eigenvalue weighted by Gasteiger charge is 2.23. The second-order valence-corrected chi connectivity index (χ2v) is 8.48. The molecule has 1 aromatic heterocycles. The quantitative estimate of drug-likeness (QED) is 0.520. The molecular formula is C23H21Cl2FN4O2. The van der Waals surface area contributed by atoms with E-state index in [-0.39, 0.29) is 10.8 Å². The topological polar surface area (TPSA) is 58.4 Å². The van der Waals surface area contributed by atoms with Crippen LogP contribution in [0.5, 0.6) is 0 Å². The number of carbonyl (C=O) groups excluding carboxylic acids is 1. The van der Waals surface area contributed by atoms with E-state index in [0.717, 1.165) is 5.56 Å². The predicted molar refractivity (Wildman–Crippen MR) is 125 cm³/mol. The zero-order valence-electron chi connectivity index (χ0n) is 17.6. The van der Waals surface area contributed by atoms with Crippen molar-refractivity contribution >= 4 is 40.4 Å². The second kappa shape index (κ2) is 8.92. The molecule has 6 nitrogen and oxygen atoms in total. The summed E-state index contributed by atoms with van der Waals surface area (Å²) in [5.74, 6) is -0.602. The van der Waals surface area contributed by atoms with E-state index in [1.807, 2.05) is 22.8 Å². The Balaban J connectivity index is 1.53. The summed E-state index contributed by atoms with van der Waals surface area (Å²) in [5, 5.41) is 4.90. The van der Waals surface area contributed by atoms with Gasteiger partial charge in [-0.15, -0.1) is 0 Å². The molecule has 32 heavy (non-hydrogen) atoms. The normalized spacial score (nSPS) is 14.0. The summed E-state index contributed by atoms with van der Waals surface area (Å²) in [6.07, 6.45) is 1.56. The molecule has 2 aromatic carbocycles. The van der Waals surface area contributed by atoms with Gasteiger partial charge in [0.05, 0.1) is 23.3 Å². The Morgan fingerprint density at radius 3 is 2.25 bits per heavy atom. The van der Waals surface area contributed by atoms with Crippen LogP contribution < -0.4 is 15.4 Å². The van der Waals surface area contributed by atoms with Crippen molar-refractivity contribution in [3.05, 3.63) is 79.9 Å². The van der Waals surface area contributed by atoms with Gasteiger partial charge in [0.25, 0.3) is 5.56 Å². The van der Waals surface area contributed by atoms with E-state index in [9.17, 15) is 14.0 Å². The maximum absolute atomic E-state index is 14.5. The van der Waals surface area contributed by atoms with Crippen LogP contribution in [0.25, 0.3) is 5.69 Å². The van der Waals surface area contributed by atoms with Crippen molar-refractivity contribution in [1.82, 2.24) is 9.78 Å². The molecule has 9 heteroatoms. The number of benzene rings is 2. The molecule has 1 aliphatic heterocycles. The van der Waals surface area contributed by atoms with Gasteiger partial charge in [-0.1, -0.05) is 29.3 Å². The number of aromatic nitrogens is 2. The predicted octanol–water partition coefficient (Wildman–Crippen LogP) is 4.52. The van der Waals surface area contributed by atoms with Crippen LogP contribution in [0, 0.1) is 12.7 Å². The van der Waals surface area contributed by atoms with E-state index >= 15 is 0 Å². The standard InChI is InChI=1S/C23H21Cl2FN4O2/c1-14-3-5-17(12-18(14)24)30-23(32)22(25)21(13-27-30)29-9-7-28(8-10-29)20-6-4-16(15(2)31)11-19(20)26/h3-6,11-13H,7-10H2,1-2H3. The first-order chi connectivity index (χ1) is 15.3. The summed E-state index contributed by atoms with van der Waals surface area (Å²) >= 11 is 12.6. The smallest absolute Gasteiger partial charge is 0.292 e. The number of aryl methyl sites for hydroxylation is 1. The average Bonchev–Trinajstić information content (AvgIpc) is 2.78.